The van der Waals surface area contributed by atoms with Crippen molar-refractivity contribution in [2.45, 2.75) is 25.4 Å². The van der Waals surface area contributed by atoms with Crippen LogP contribution >= 0.6 is 0 Å². The van der Waals surface area contributed by atoms with E-state index in [1.54, 1.807) is 37.3 Å². The molecule has 1 aliphatic rings. The molecule has 25 heavy (non-hydrogen) atoms. The monoisotopic (exact) mass is 347 g/mol. The summed E-state index contributed by atoms with van der Waals surface area (Å²) in [4.78, 5) is 14.4. The number of carbonyl (C=O) groups excluding carboxylic acids is 1. The van der Waals surface area contributed by atoms with E-state index < -0.39 is 17.5 Å². The fourth-order valence-electron chi connectivity index (χ4n) is 2.76. The summed E-state index contributed by atoms with van der Waals surface area (Å²) < 4.78 is 38.0. The van der Waals surface area contributed by atoms with Crippen LogP contribution in [-0.4, -0.2) is 31.1 Å². The molecule has 4 nitrogen and oxygen atoms in total. The van der Waals surface area contributed by atoms with E-state index in [9.17, 15) is 13.6 Å². The van der Waals surface area contributed by atoms with Gasteiger partial charge in [0.25, 0.3) is 5.91 Å². The second-order valence-electron chi connectivity index (χ2n) is 5.97. The van der Waals surface area contributed by atoms with Crippen LogP contribution < -0.4 is 9.47 Å². The van der Waals surface area contributed by atoms with Gasteiger partial charge in [-0.25, -0.2) is 8.78 Å². The van der Waals surface area contributed by atoms with Gasteiger partial charge in [-0.2, -0.15) is 0 Å². The zero-order chi connectivity index (χ0) is 18.0. The average Bonchev–Trinajstić information content (AvgIpc) is 3.45. The molecule has 0 atom stereocenters. The van der Waals surface area contributed by atoms with Crippen LogP contribution in [0.2, 0.25) is 0 Å². The molecule has 0 heterocycles. The van der Waals surface area contributed by atoms with Gasteiger partial charge in [-0.1, -0.05) is 0 Å². The van der Waals surface area contributed by atoms with Gasteiger partial charge in [-0.3, -0.25) is 4.79 Å². The third kappa shape index (κ3) is 3.73. The Bertz CT molecular complexity index is 790. The molecule has 0 unspecified atom stereocenters. The molecule has 0 saturated heterocycles. The summed E-state index contributed by atoms with van der Waals surface area (Å²) >= 11 is 0. The van der Waals surface area contributed by atoms with Gasteiger partial charge in [0.15, 0.2) is 0 Å². The Hall–Kier alpha value is -2.63. The number of nitrogens with zero attached hydrogens (tertiary/aromatic N) is 1. The van der Waals surface area contributed by atoms with E-state index >= 15 is 0 Å². The lowest BCUT2D eigenvalue weighted by atomic mass is 10.1. The van der Waals surface area contributed by atoms with Gasteiger partial charge in [-0.05, 0) is 49.2 Å². The van der Waals surface area contributed by atoms with E-state index in [1.807, 2.05) is 0 Å². The number of halogens is 2. The number of benzene rings is 2. The minimum Gasteiger partial charge on any atom is -0.497 e. The Balaban J connectivity index is 1.92. The number of carbonyl (C=O) groups is 1. The molecule has 0 spiro atoms. The first-order valence-electron chi connectivity index (χ1n) is 8.00. The predicted octanol–water partition coefficient (Wildman–Crippen LogP) is 3.79. The molecule has 0 radical (unpaired) electrons. The van der Waals surface area contributed by atoms with Crippen molar-refractivity contribution in [3.8, 4) is 11.5 Å². The van der Waals surface area contributed by atoms with Crippen molar-refractivity contribution in [1.29, 1.82) is 0 Å². The summed E-state index contributed by atoms with van der Waals surface area (Å²) in [7, 11) is 3.10. The Morgan fingerprint density at radius 1 is 1.12 bits per heavy atom. The first-order chi connectivity index (χ1) is 12.0. The van der Waals surface area contributed by atoms with Crippen LogP contribution in [0.25, 0.3) is 0 Å². The quantitative estimate of drug-likeness (QED) is 0.798. The third-order valence-electron chi connectivity index (χ3n) is 4.24. The highest BCUT2D eigenvalue weighted by Crippen LogP contribution is 2.33. The normalized spacial score (nSPS) is 13.4. The van der Waals surface area contributed by atoms with E-state index in [0.29, 0.717) is 11.5 Å². The van der Waals surface area contributed by atoms with Gasteiger partial charge in [-0.15, -0.1) is 0 Å². The van der Waals surface area contributed by atoms with Crippen LogP contribution in [0.3, 0.4) is 0 Å². The van der Waals surface area contributed by atoms with Crippen molar-refractivity contribution in [3.05, 3.63) is 59.2 Å². The molecule has 3 rings (SSSR count). The molecular weight excluding hydrogens is 328 g/mol. The van der Waals surface area contributed by atoms with E-state index in [0.717, 1.165) is 36.6 Å². The third-order valence-corrected chi connectivity index (χ3v) is 4.24. The zero-order valence-corrected chi connectivity index (χ0v) is 14.1. The summed E-state index contributed by atoms with van der Waals surface area (Å²) in [6, 6.07) is 8.23. The van der Waals surface area contributed by atoms with Gasteiger partial charge < -0.3 is 14.4 Å². The Morgan fingerprint density at radius 3 is 2.52 bits per heavy atom. The fraction of sp³-hybridized carbons (Fsp3) is 0.316. The number of amides is 1. The maximum absolute atomic E-state index is 14.0. The van der Waals surface area contributed by atoms with Crippen molar-refractivity contribution >= 4 is 5.91 Å². The van der Waals surface area contributed by atoms with Crippen LogP contribution in [0.4, 0.5) is 8.78 Å². The largest absolute Gasteiger partial charge is 0.497 e. The van der Waals surface area contributed by atoms with Crippen molar-refractivity contribution in [2.24, 2.45) is 0 Å². The molecule has 0 aromatic heterocycles. The summed E-state index contributed by atoms with van der Waals surface area (Å²) in [5.74, 6) is -0.645. The highest BCUT2D eigenvalue weighted by Gasteiger charge is 2.34. The first-order valence-corrected chi connectivity index (χ1v) is 8.00. The molecule has 6 heteroatoms. The molecule has 2 aromatic rings. The summed E-state index contributed by atoms with van der Waals surface area (Å²) in [6.45, 7) is 0.236. The molecule has 1 aliphatic carbocycles. The standard InChI is InChI=1S/C19H19F2NO3/c1-24-15-6-8-18(25-2)12(9-15)11-22(14-4-5-14)19(23)16-10-13(20)3-7-17(16)21/h3,6-10,14H,4-5,11H2,1-2H3. The maximum Gasteiger partial charge on any atom is 0.257 e. The first kappa shape index (κ1) is 17.2. The maximum atomic E-state index is 14.0. The summed E-state index contributed by atoms with van der Waals surface area (Å²) in [5.41, 5.74) is 0.493. The Morgan fingerprint density at radius 2 is 1.88 bits per heavy atom. The van der Waals surface area contributed by atoms with Crippen molar-refractivity contribution in [2.75, 3.05) is 14.2 Å². The van der Waals surface area contributed by atoms with Crippen LogP contribution in [0, 0.1) is 11.6 Å². The van der Waals surface area contributed by atoms with Gasteiger partial charge in [0.2, 0.25) is 0 Å². The lowest BCUT2D eigenvalue weighted by Crippen LogP contribution is -2.33. The Labute approximate surface area is 145 Å². The lowest BCUT2D eigenvalue weighted by Gasteiger charge is -2.24. The topological polar surface area (TPSA) is 38.8 Å². The van der Waals surface area contributed by atoms with Crippen molar-refractivity contribution in [3.63, 3.8) is 0 Å². The van der Waals surface area contributed by atoms with Crippen molar-refractivity contribution < 1.29 is 23.0 Å². The highest BCUT2D eigenvalue weighted by molar-refractivity contribution is 5.95. The van der Waals surface area contributed by atoms with E-state index in [1.165, 1.54) is 0 Å². The average molecular weight is 347 g/mol. The fourth-order valence-corrected chi connectivity index (χ4v) is 2.76. The van der Waals surface area contributed by atoms with Crippen LogP contribution in [-0.2, 0) is 6.54 Å². The van der Waals surface area contributed by atoms with Gasteiger partial charge in [0.05, 0.1) is 26.3 Å². The molecule has 0 bridgehead atoms. The molecular formula is C19H19F2NO3. The lowest BCUT2D eigenvalue weighted by molar-refractivity contribution is 0.0723. The molecule has 0 N–H and O–H groups in total. The zero-order valence-electron chi connectivity index (χ0n) is 14.1. The van der Waals surface area contributed by atoms with Gasteiger partial charge in [0.1, 0.15) is 23.1 Å². The molecule has 132 valence electrons. The summed E-state index contributed by atoms with van der Waals surface area (Å²) in [5, 5.41) is 0. The summed E-state index contributed by atoms with van der Waals surface area (Å²) in [6.07, 6.45) is 1.68. The second-order valence-corrected chi connectivity index (χ2v) is 5.97. The highest BCUT2D eigenvalue weighted by atomic mass is 19.1. The molecule has 1 fully saturated rings. The molecule has 0 aliphatic heterocycles. The SMILES string of the molecule is COc1ccc(OC)c(CN(C(=O)c2cc(F)ccc2F)C2CC2)c1. The van der Waals surface area contributed by atoms with E-state index in [2.05, 4.69) is 0 Å². The minimum absolute atomic E-state index is 0.0195. The predicted molar refractivity (Wildman–Crippen MR) is 88.8 cm³/mol. The number of methoxy groups -OCH3 is 2. The van der Waals surface area contributed by atoms with Crippen LogP contribution in [0.5, 0.6) is 11.5 Å². The van der Waals surface area contributed by atoms with Crippen LogP contribution in [0.1, 0.15) is 28.8 Å². The number of hydrogen-bond acceptors (Lipinski definition) is 3. The molecule has 1 amide bonds. The second kappa shape index (κ2) is 7.09. The van der Waals surface area contributed by atoms with E-state index in [4.69, 9.17) is 9.47 Å². The number of hydrogen-bond donors (Lipinski definition) is 0. The molecule has 2 aromatic carbocycles. The molecule has 1 saturated carbocycles. The van der Waals surface area contributed by atoms with Crippen molar-refractivity contribution in [1.82, 2.24) is 4.90 Å². The van der Waals surface area contributed by atoms with E-state index in [-0.39, 0.29) is 18.2 Å². The van der Waals surface area contributed by atoms with Gasteiger partial charge >= 0.3 is 0 Å². The number of rotatable bonds is 6. The number of ether oxygens (including phenoxy) is 2. The van der Waals surface area contributed by atoms with Crippen LogP contribution in [0.15, 0.2) is 36.4 Å². The van der Waals surface area contributed by atoms with Gasteiger partial charge in [0, 0.05) is 11.6 Å². The Kier molecular flexibility index (Phi) is 4.88. The smallest absolute Gasteiger partial charge is 0.257 e. The minimum atomic E-state index is -0.727.